The number of hydrogen-bond donors (Lipinski definition) is 0. The van der Waals surface area contributed by atoms with Crippen molar-refractivity contribution >= 4 is 5.69 Å². The van der Waals surface area contributed by atoms with Crippen molar-refractivity contribution in [3.8, 4) is 11.5 Å². The lowest BCUT2D eigenvalue weighted by molar-refractivity contribution is -0.0222. The molecule has 1 aromatic carbocycles. The highest BCUT2D eigenvalue weighted by molar-refractivity contribution is 5.74. The maximum atomic E-state index is 6.35. The van der Waals surface area contributed by atoms with Gasteiger partial charge in [-0.2, -0.15) is 0 Å². The van der Waals surface area contributed by atoms with Gasteiger partial charge in [-0.1, -0.05) is 11.6 Å². The van der Waals surface area contributed by atoms with Gasteiger partial charge in [0, 0.05) is 41.9 Å². The molecule has 5 nitrogen and oxygen atoms in total. The molecule has 1 saturated carbocycles. The quantitative estimate of drug-likeness (QED) is 0.740. The highest BCUT2D eigenvalue weighted by atomic mass is 16.5. The number of ether oxygens (including phenoxy) is 3. The van der Waals surface area contributed by atoms with Crippen LogP contribution in [0.25, 0.3) is 0 Å². The van der Waals surface area contributed by atoms with Crippen molar-refractivity contribution < 1.29 is 14.2 Å². The second-order valence-electron chi connectivity index (χ2n) is 9.19. The molecule has 146 valence electrons. The fraction of sp³-hybridized carbons (Fsp3) is 0.565. The van der Waals surface area contributed by atoms with E-state index in [4.69, 9.17) is 14.2 Å². The maximum absolute atomic E-state index is 6.35. The fourth-order valence-electron chi connectivity index (χ4n) is 7.63. The Morgan fingerprint density at radius 2 is 2.04 bits per heavy atom. The normalized spacial score (nSPS) is 41.4. The minimum absolute atomic E-state index is 0.165. The first-order chi connectivity index (χ1) is 13.8. The van der Waals surface area contributed by atoms with Crippen molar-refractivity contribution in [1.29, 1.82) is 0 Å². The number of piperidine rings is 1. The van der Waals surface area contributed by atoms with Crippen LogP contribution in [0.15, 0.2) is 36.1 Å². The van der Waals surface area contributed by atoms with Crippen molar-refractivity contribution in [2.24, 2.45) is 11.8 Å². The first kappa shape index (κ1) is 15.9. The molecule has 0 radical (unpaired) electrons. The van der Waals surface area contributed by atoms with Gasteiger partial charge >= 0.3 is 0 Å². The summed E-state index contributed by atoms with van der Waals surface area (Å²) < 4.78 is 17.7. The molecule has 2 bridgehead atoms. The molecule has 2 saturated heterocycles. The number of methoxy groups -OCH3 is 2. The van der Waals surface area contributed by atoms with Crippen molar-refractivity contribution in [2.75, 3.05) is 38.8 Å². The van der Waals surface area contributed by atoms with Crippen molar-refractivity contribution in [3.05, 3.63) is 41.6 Å². The molecule has 1 spiro atoms. The highest BCUT2D eigenvalue weighted by Crippen LogP contribution is 2.66. The second kappa shape index (κ2) is 5.14. The van der Waals surface area contributed by atoms with Crippen molar-refractivity contribution in [3.63, 3.8) is 0 Å². The summed E-state index contributed by atoms with van der Waals surface area (Å²) in [4.78, 5) is 5.31. The standard InChI is InChI=1S/C23H26N2O3/c1-26-18-10-15-16(11-19(18)27-2)25-6-3-17-21-14-9-20-23(15,22(21)25)5-7-24(20)12-13(14)4-8-28-17/h3-4,6,10-11,14,17,20-22H,5,7-9,12H2,1-2H3. The van der Waals surface area contributed by atoms with Crippen LogP contribution in [0.2, 0.25) is 0 Å². The number of hydrogen-bond acceptors (Lipinski definition) is 5. The zero-order valence-corrected chi connectivity index (χ0v) is 16.4. The predicted octanol–water partition coefficient (Wildman–Crippen LogP) is 2.71. The average Bonchev–Trinajstić information content (AvgIpc) is 3.18. The van der Waals surface area contributed by atoms with Crippen LogP contribution in [0.5, 0.6) is 11.5 Å². The van der Waals surface area contributed by atoms with Gasteiger partial charge in [0.2, 0.25) is 0 Å². The van der Waals surface area contributed by atoms with Gasteiger partial charge in [-0.15, -0.1) is 0 Å². The Morgan fingerprint density at radius 1 is 1.18 bits per heavy atom. The zero-order valence-electron chi connectivity index (χ0n) is 16.4. The molecule has 0 aromatic heterocycles. The average molecular weight is 378 g/mol. The highest BCUT2D eigenvalue weighted by Gasteiger charge is 2.69. The molecule has 6 aliphatic rings. The van der Waals surface area contributed by atoms with Crippen molar-refractivity contribution in [2.45, 2.75) is 36.4 Å². The van der Waals surface area contributed by atoms with E-state index in [0.29, 0.717) is 23.9 Å². The number of rotatable bonds is 2. The topological polar surface area (TPSA) is 34.2 Å². The molecule has 28 heavy (non-hydrogen) atoms. The van der Waals surface area contributed by atoms with Crippen LogP contribution in [0, 0.1) is 11.8 Å². The van der Waals surface area contributed by atoms with E-state index in [1.54, 1.807) is 19.8 Å². The number of anilines is 1. The van der Waals surface area contributed by atoms with Crippen LogP contribution in [0.4, 0.5) is 5.69 Å². The lowest BCUT2D eigenvalue weighted by atomic mass is 9.54. The lowest BCUT2D eigenvalue weighted by Gasteiger charge is -2.58. The summed E-state index contributed by atoms with van der Waals surface area (Å²) in [6.07, 6.45) is 9.69. The Morgan fingerprint density at radius 3 is 2.89 bits per heavy atom. The van der Waals surface area contributed by atoms with Crippen LogP contribution >= 0.6 is 0 Å². The molecule has 7 rings (SSSR count). The largest absolute Gasteiger partial charge is 0.493 e. The Balaban J connectivity index is 1.52. The first-order valence-electron chi connectivity index (χ1n) is 10.5. The maximum Gasteiger partial charge on any atom is 0.162 e. The van der Waals surface area contributed by atoms with Crippen LogP contribution < -0.4 is 14.4 Å². The Labute approximate surface area is 165 Å². The number of benzene rings is 1. The van der Waals surface area contributed by atoms with Gasteiger partial charge in [-0.05, 0) is 43.0 Å². The van der Waals surface area contributed by atoms with Gasteiger partial charge in [0.15, 0.2) is 11.5 Å². The molecule has 6 unspecified atom stereocenters. The Bertz CT molecular complexity index is 940. The van der Waals surface area contributed by atoms with E-state index in [9.17, 15) is 0 Å². The molecule has 0 amide bonds. The minimum Gasteiger partial charge on any atom is -0.493 e. The van der Waals surface area contributed by atoms with Crippen LogP contribution in [0.1, 0.15) is 18.4 Å². The monoisotopic (exact) mass is 378 g/mol. The van der Waals surface area contributed by atoms with Gasteiger partial charge in [-0.25, -0.2) is 0 Å². The third-order valence-corrected chi connectivity index (χ3v) is 8.58. The molecule has 5 heteroatoms. The summed E-state index contributed by atoms with van der Waals surface area (Å²) in [6.45, 7) is 3.07. The Hall–Kier alpha value is -1.98. The van der Waals surface area contributed by atoms with E-state index in [1.807, 2.05) is 0 Å². The minimum atomic E-state index is 0.165. The smallest absolute Gasteiger partial charge is 0.162 e. The molecule has 1 aromatic rings. The third-order valence-electron chi connectivity index (χ3n) is 8.58. The summed E-state index contributed by atoms with van der Waals surface area (Å²) >= 11 is 0. The number of nitrogens with zero attached hydrogens (tertiary/aromatic N) is 2. The molecule has 1 aliphatic carbocycles. The van der Waals surface area contributed by atoms with E-state index in [-0.39, 0.29) is 11.5 Å². The molecule has 5 heterocycles. The molecular formula is C23H26N2O3. The Kier molecular flexibility index (Phi) is 2.91. The summed E-state index contributed by atoms with van der Waals surface area (Å²) in [7, 11) is 3.47. The van der Waals surface area contributed by atoms with Gasteiger partial charge in [0.1, 0.15) is 0 Å². The van der Waals surface area contributed by atoms with Crippen LogP contribution in [-0.2, 0) is 10.2 Å². The van der Waals surface area contributed by atoms with Gasteiger partial charge in [-0.3, -0.25) is 4.90 Å². The lowest BCUT2D eigenvalue weighted by Crippen LogP contribution is -2.66. The fourth-order valence-corrected chi connectivity index (χ4v) is 7.63. The van der Waals surface area contributed by atoms with E-state index in [0.717, 1.165) is 24.7 Å². The van der Waals surface area contributed by atoms with Gasteiger partial charge < -0.3 is 19.1 Å². The molecule has 3 fully saturated rings. The number of fused-ring (bicyclic) bond motifs is 2. The van der Waals surface area contributed by atoms with E-state index in [2.05, 4.69) is 40.3 Å². The molecule has 0 N–H and O–H groups in total. The van der Waals surface area contributed by atoms with Crippen LogP contribution in [0.3, 0.4) is 0 Å². The second-order valence-corrected chi connectivity index (χ2v) is 9.19. The van der Waals surface area contributed by atoms with E-state index >= 15 is 0 Å². The van der Waals surface area contributed by atoms with E-state index < -0.39 is 0 Å². The summed E-state index contributed by atoms with van der Waals surface area (Å²) in [6, 6.07) is 5.56. The summed E-state index contributed by atoms with van der Waals surface area (Å²) in [5.74, 6) is 2.85. The molecule has 5 aliphatic heterocycles. The third kappa shape index (κ3) is 1.61. The SMILES string of the molecule is COc1cc2c(cc1OC)C13CCN4CC5=CCOC6C=CN2C1C6C5CC43. The molecule has 6 atom stereocenters. The summed E-state index contributed by atoms with van der Waals surface area (Å²) in [5, 5.41) is 0. The van der Waals surface area contributed by atoms with Crippen molar-refractivity contribution in [1.82, 2.24) is 4.90 Å². The van der Waals surface area contributed by atoms with Gasteiger partial charge in [0.05, 0.1) is 33.0 Å². The van der Waals surface area contributed by atoms with Crippen LogP contribution in [-0.4, -0.2) is 57.0 Å². The van der Waals surface area contributed by atoms with E-state index in [1.165, 1.54) is 30.6 Å². The first-order valence-corrected chi connectivity index (χ1v) is 10.5. The van der Waals surface area contributed by atoms with Gasteiger partial charge in [0.25, 0.3) is 0 Å². The summed E-state index contributed by atoms with van der Waals surface area (Å²) in [5.41, 5.74) is 4.56. The molecular weight excluding hydrogens is 352 g/mol. The zero-order chi connectivity index (χ0) is 18.6. The predicted molar refractivity (Wildman–Crippen MR) is 106 cm³/mol.